The van der Waals surface area contributed by atoms with Crippen molar-refractivity contribution >= 4 is 34.4 Å². The number of halogens is 1. The first-order valence-electron chi connectivity index (χ1n) is 11.2. The summed E-state index contributed by atoms with van der Waals surface area (Å²) in [6, 6.07) is 17.3. The molecule has 0 saturated carbocycles. The number of rotatable bonds is 8. The molecule has 4 rings (SSSR count). The molecule has 0 aliphatic rings. The summed E-state index contributed by atoms with van der Waals surface area (Å²) in [5.74, 6) is -0.263. The first-order valence-corrected chi connectivity index (χ1v) is 11.5. The van der Waals surface area contributed by atoms with Gasteiger partial charge in [0.1, 0.15) is 6.54 Å². The Hall–Kier alpha value is -3.85. The fourth-order valence-corrected chi connectivity index (χ4v) is 4.34. The Balaban J connectivity index is 1.56. The minimum absolute atomic E-state index is 0.101. The summed E-state index contributed by atoms with van der Waals surface area (Å²) >= 11 is 6.16. The lowest BCUT2D eigenvalue weighted by molar-refractivity contribution is -0.122. The summed E-state index contributed by atoms with van der Waals surface area (Å²) in [4.78, 5) is 44.2. The second kappa shape index (κ2) is 10.2. The van der Waals surface area contributed by atoms with Gasteiger partial charge in [0.05, 0.1) is 12.4 Å². The fourth-order valence-electron chi connectivity index (χ4n) is 4.15. The maximum atomic E-state index is 13.1. The molecule has 0 bridgehead atoms. The van der Waals surface area contributed by atoms with E-state index in [9.17, 15) is 14.4 Å². The van der Waals surface area contributed by atoms with Gasteiger partial charge in [-0.25, -0.2) is 9.78 Å². The molecule has 2 aromatic heterocycles. The van der Waals surface area contributed by atoms with Crippen molar-refractivity contribution in [3.8, 4) is 0 Å². The number of carbonyl (C=O) groups excluding carboxylic acids is 1. The van der Waals surface area contributed by atoms with Gasteiger partial charge < -0.3 is 14.8 Å². The van der Waals surface area contributed by atoms with Gasteiger partial charge >= 0.3 is 5.69 Å². The molecule has 4 aromatic rings. The number of hydrogen-bond donors (Lipinski definition) is 1. The fraction of sp³-hybridized carbons (Fsp3) is 0.280. The largest absolute Gasteiger partial charge is 0.372 e. The molecule has 1 atom stereocenters. The maximum absolute atomic E-state index is 13.1. The van der Waals surface area contributed by atoms with Gasteiger partial charge in [-0.15, -0.1) is 0 Å². The first-order chi connectivity index (χ1) is 16.7. The lowest BCUT2D eigenvalue weighted by Crippen LogP contribution is -2.45. The second-order valence-electron chi connectivity index (χ2n) is 8.56. The van der Waals surface area contributed by atoms with Crippen LogP contribution in [0.15, 0.2) is 70.5 Å². The predicted octanol–water partition coefficient (Wildman–Crippen LogP) is 1.95. The molecule has 10 heteroatoms. The molecule has 0 spiro atoms. The number of aromatic nitrogens is 4. The smallest absolute Gasteiger partial charge is 0.332 e. The van der Waals surface area contributed by atoms with E-state index in [4.69, 9.17) is 11.6 Å². The van der Waals surface area contributed by atoms with Crippen LogP contribution in [0.1, 0.15) is 5.56 Å². The Morgan fingerprint density at radius 2 is 1.83 bits per heavy atom. The molecule has 0 unspecified atom stereocenters. The Bertz CT molecular complexity index is 1470. The SMILES string of the molecule is CN(C[C@H](Cc1ccccc1)NC(=O)Cn1cnc2c1c(=O)n(C)c(=O)n2C)c1cccc(Cl)c1. The number of imidazole rings is 1. The first kappa shape index (κ1) is 24.3. The molecule has 2 aromatic carbocycles. The molecule has 2 heterocycles. The van der Waals surface area contributed by atoms with Crippen molar-refractivity contribution < 1.29 is 4.79 Å². The number of benzene rings is 2. The van der Waals surface area contributed by atoms with Crippen LogP contribution in [0, 0.1) is 0 Å². The normalized spacial score (nSPS) is 12.0. The minimum atomic E-state index is -0.491. The van der Waals surface area contributed by atoms with E-state index in [1.165, 1.54) is 22.5 Å². The van der Waals surface area contributed by atoms with E-state index in [1.54, 1.807) is 7.05 Å². The van der Waals surface area contributed by atoms with Gasteiger partial charge in [0.2, 0.25) is 5.91 Å². The van der Waals surface area contributed by atoms with Crippen molar-refractivity contribution in [2.24, 2.45) is 14.1 Å². The highest BCUT2D eigenvalue weighted by Gasteiger charge is 2.19. The lowest BCUT2D eigenvalue weighted by atomic mass is 10.1. The number of amides is 1. The molecule has 0 fully saturated rings. The van der Waals surface area contributed by atoms with Crippen molar-refractivity contribution in [3.63, 3.8) is 0 Å². The van der Waals surface area contributed by atoms with Crippen LogP contribution in [0.25, 0.3) is 11.2 Å². The van der Waals surface area contributed by atoms with Gasteiger partial charge in [-0.2, -0.15) is 0 Å². The minimum Gasteiger partial charge on any atom is -0.372 e. The lowest BCUT2D eigenvalue weighted by Gasteiger charge is -2.27. The quantitative estimate of drug-likeness (QED) is 0.404. The Kier molecular flexibility index (Phi) is 7.07. The number of hydrogen-bond acceptors (Lipinski definition) is 5. The number of carbonyl (C=O) groups is 1. The van der Waals surface area contributed by atoms with Crippen molar-refractivity contribution in [3.05, 3.63) is 92.3 Å². The summed E-state index contributed by atoms with van der Waals surface area (Å²) in [7, 11) is 4.90. The van der Waals surface area contributed by atoms with Gasteiger partial charge in [0.25, 0.3) is 5.56 Å². The van der Waals surface area contributed by atoms with Crippen LogP contribution in [-0.2, 0) is 31.9 Å². The van der Waals surface area contributed by atoms with Crippen LogP contribution in [-0.4, -0.2) is 44.2 Å². The highest BCUT2D eigenvalue weighted by atomic mass is 35.5. The Morgan fingerprint density at radius 1 is 1.09 bits per heavy atom. The van der Waals surface area contributed by atoms with E-state index in [1.807, 2.05) is 66.5 Å². The molecule has 1 N–H and O–H groups in total. The van der Waals surface area contributed by atoms with Gasteiger partial charge in [0, 0.05) is 38.4 Å². The number of likely N-dealkylation sites (N-methyl/N-ethyl adjacent to an activating group) is 1. The number of anilines is 1. The molecule has 0 aliphatic carbocycles. The molecular formula is C25H27ClN6O3. The average molecular weight is 495 g/mol. The highest BCUT2D eigenvalue weighted by Crippen LogP contribution is 2.19. The third-order valence-corrected chi connectivity index (χ3v) is 6.20. The van der Waals surface area contributed by atoms with Gasteiger partial charge in [0.15, 0.2) is 11.2 Å². The topological polar surface area (TPSA) is 94.2 Å². The zero-order chi connectivity index (χ0) is 25.1. The van der Waals surface area contributed by atoms with Gasteiger partial charge in [-0.05, 0) is 30.2 Å². The summed E-state index contributed by atoms with van der Waals surface area (Å²) < 4.78 is 3.78. The molecule has 0 radical (unpaired) electrons. The monoisotopic (exact) mass is 494 g/mol. The van der Waals surface area contributed by atoms with Gasteiger partial charge in [-0.3, -0.25) is 18.7 Å². The third-order valence-electron chi connectivity index (χ3n) is 5.96. The zero-order valence-corrected chi connectivity index (χ0v) is 20.6. The number of nitrogens with zero attached hydrogens (tertiary/aromatic N) is 5. The molecule has 0 aliphatic heterocycles. The number of fused-ring (bicyclic) bond motifs is 1. The van der Waals surface area contributed by atoms with Crippen LogP contribution >= 0.6 is 11.6 Å². The number of nitrogens with one attached hydrogen (secondary N) is 1. The standard InChI is InChI=1S/C25H27ClN6O3/c1-29(20-11-7-10-18(26)13-20)14-19(12-17-8-5-4-6-9-17)28-21(33)15-32-16-27-23-22(32)24(34)31(3)25(35)30(23)2/h4-11,13,16,19H,12,14-15H2,1-3H3,(H,28,33)/t19-/m0/s1. The third kappa shape index (κ3) is 5.30. The van der Waals surface area contributed by atoms with Crippen LogP contribution in [0.5, 0.6) is 0 Å². The van der Waals surface area contributed by atoms with E-state index in [-0.39, 0.29) is 29.7 Å². The van der Waals surface area contributed by atoms with Crippen LogP contribution < -0.4 is 21.5 Å². The zero-order valence-electron chi connectivity index (χ0n) is 19.8. The molecule has 9 nitrogen and oxygen atoms in total. The molecule has 182 valence electrons. The Labute approximate surface area is 207 Å². The number of aryl methyl sites for hydroxylation is 1. The van der Waals surface area contributed by atoms with E-state index >= 15 is 0 Å². The van der Waals surface area contributed by atoms with Crippen molar-refractivity contribution in [2.75, 3.05) is 18.5 Å². The summed E-state index contributed by atoms with van der Waals surface area (Å²) in [6.45, 7) is 0.442. The predicted molar refractivity (Wildman–Crippen MR) is 137 cm³/mol. The van der Waals surface area contributed by atoms with Gasteiger partial charge in [-0.1, -0.05) is 48.0 Å². The Morgan fingerprint density at radius 3 is 2.54 bits per heavy atom. The van der Waals surface area contributed by atoms with Crippen molar-refractivity contribution in [1.29, 1.82) is 0 Å². The van der Waals surface area contributed by atoms with Crippen molar-refractivity contribution in [1.82, 2.24) is 24.0 Å². The average Bonchev–Trinajstić information content (AvgIpc) is 3.25. The highest BCUT2D eigenvalue weighted by molar-refractivity contribution is 6.30. The van der Waals surface area contributed by atoms with E-state index < -0.39 is 11.2 Å². The summed E-state index contributed by atoms with van der Waals surface area (Å²) in [5, 5.41) is 3.74. The second-order valence-corrected chi connectivity index (χ2v) is 9.00. The van der Waals surface area contributed by atoms with E-state index in [0.717, 1.165) is 15.8 Å². The van der Waals surface area contributed by atoms with Crippen LogP contribution in [0.3, 0.4) is 0 Å². The molecule has 35 heavy (non-hydrogen) atoms. The molecule has 0 saturated heterocycles. The van der Waals surface area contributed by atoms with Crippen molar-refractivity contribution in [2.45, 2.75) is 19.0 Å². The van der Waals surface area contributed by atoms with Crippen LogP contribution in [0.2, 0.25) is 5.02 Å². The van der Waals surface area contributed by atoms with Crippen LogP contribution in [0.4, 0.5) is 5.69 Å². The maximum Gasteiger partial charge on any atom is 0.332 e. The molecular weight excluding hydrogens is 468 g/mol. The van der Waals surface area contributed by atoms with E-state index in [2.05, 4.69) is 10.3 Å². The summed E-state index contributed by atoms with van der Waals surface area (Å²) in [5.41, 5.74) is 1.52. The van der Waals surface area contributed by atoms with E-state index in [0.29, 0.717) is 18.0 Å². The summed E-state index contributed by atoms with van der Waals surface area (Å²) in [6.07, 6.45) is 2.04. The molecule has 1 amide bonds.